The quantitative estimate of drug-likeness (QED) is 0.926. The number of aliphatic hydroxyl groups is 1. The van der Waals surface area contributed by atoms with Crippen LogP contribution in [-0.2, 0) is 0 Å². The summed E-state index contributed by atoms with van der Waals surface area (Å²) >= 11 is 0. The van der Waals surface area contributed by atoms with Crippen molar-refractivity contribution in [2.24, 2.45) is 0 Å². The highest BCUT2D eigenvalue weighted by Crippen LogP contribution is 2.34. The van der Waals surface area contributed by atoms with E-state index < -0.39 is 24.3 Å². The van der Waals surface area contributed by atoms with Gasteiger partial charge in [0, 0.05) is 29.6 Å². The van der Waals surface area contributed by atoms with Gasteiger partial charge in [-0.15, -0.1) is 5.10 Å². The highest BCUT2D eigenvalue weighted by atomic mass is 19.4. The Morgan fingerprint density at radius 1 is 1.32 bits per heavy atom. The van der Waals surface area contributed by atoms with E-state index in [2.05, 4.69) is 10.1 Å². The van der Waals surface area contributed by atoms with Gasteiger partial charge < -0.3 is 9.84 Å². The predicted octanol–water partition coefficient (Wildman–Crippen LogP) is 2.53. The molecule has 2 heterocycles. The molecule has 116 valence electrons. The van der Waals surface area contributed by atoms with Crippen LogP contribution in [0.5, 0.6) is 5.88 Å². The molecule has 1 unspecified atom stereocenters. The summed E-state index contributed by atoms with van der Waals surface area (Å²) in [7, 11) is 1.47. The Morgan fingerprint density at radius 2 is 2.09 bits per heavy atom. The van der Waals surface area contributed by atoms with E-state index in [0.29, 0.717) is 16.9 Å². The van der Waals surface area contributed by atoms with E-state index in [4.69, 9.17) is 4.74 Å². The number of pyridine rings is 1. The molecule has 1 N–H and O–H groups in total. The first-order valence-electron chi connectivity index (χ1n) is 6.45. The van der Waals surface area contributed by atoms with Crippen molar-refractivity contribution in [3.63, 3.8) is 0 Å². The summed E-state index contributed by atoms with van der Waals surface area (Å²) in [5.74, 6) is 0.384. The van der Waals surface area contributed by atoms with Gasteiger partial charge in [-0.3, -0.25) is 0 Å². The number of aromatic nitrogens is 3. The molecule has 8 heteroatoms. The molecule has 0 radical (unpaired) electrons. The van der Waals surface area contributed by atoms with E-state index in [1.54, 1.807) is 18.3 Å². The maximum Gasteiger partial charge on any atom is 0.412 e. The second-order valence-electron chi connectivity index (χ2n) is 4.84. The number of ether oxygens (including phenoxy) is 1. The van der Waals surface area contributed by atoms with Crippen LogP contribution in [0.3, 0.4) is 0 Å². The number of aliphatic hydroxyl groups excluding tert-OH is 1. The molecule has 0 amide bonds. The van der Waals surface area contributed by atoms with Gasteiger partial charge in [-0.05, 0) is 12.1 Å². The molecule has 0 bridgehead atoms. The van der Waals surface area contributed by atoms with Crippen LogP contribution in [0.4, 0.5) is 13.2 Å². The van der Waals surface area contributed by atoms with Crippen LogP contribution in [0.2, 0.25) is 0 Å². The summed E-state index contributed by atoms with van der Waals surface area (Å²) in [5.41, 5.74) is -0.108. The smallest absolute Gasteiger partial charge is 0.412 e. The van der Waals surface area contributed by atoms with E-state index in [-0.39, 0.29) is 5.70 Å². The van der Waals surface area contributed by atoms with Gasteiger partial charge in [0.1, 0.15) is 6.10 Å². The molecule has 0 saturated carbocycles. The van der Waals surface area contributed by atoms with Crippen molar-refractivity contribution in [2.75, 3.05) is 7.11 Å². The highest BCUT2D eigenvalue weighted by molar-refractivity contribution is 5.76. The summed E-state index contributed by atoms with van der Waals surface area (Å²) in [6.07, 6.45) is -2.43. The lowest BCUT2D eigenvalue weighted by molar-refractivity contribution is -0.0963. The Balaban J connectivity index is 2.00. The van der Waals surface area contributed by atoms with E-state index in [9.17, 15) is 18.3 Å². The van der Waals surface area contributed by atoms with Crippen molar-refractivity contribution >= 4 is 16.7 Å². The third-order valence-electron chi connectivity index (χ3n) is 3.39. The fourth-order valence-electron chi connectivity index (χ4n) is 2.25. The zero-order chi connectivity index (χ0) is 15.9. The van der Waals surface area contributed by atoms with Crippen molar-refractivity contribution in [3.8, 4) is 5.88 Å². The normalized spacial score (nSPS) is 19.0. The van der Waals surface area contributed by atoms with Gasteiger partial charge in [-0.1, -0.05) is 6.08 Å². The lowest BCUT2D eigenvalue weighted by atomic mass is 9.99. The summed E-state index contributed by atoms with van der Waals surface area (Å²) in [5, 5.41) is 14.8. The Morgan fingerprint density at radius 3 is 2.73 bits per heavy atom. The fourth-order valence-corrected chi connectivity index (χ4v) is 2.25. The third-order valence-corrected chi connectivity index (χ3v) is 3.39. The van der Waals surface area contributed by atoms with Crippen molar-refractivity contribution in [1.29, 1.82) is 0 Å². The van der Waals surface area contributed by atoms with Crippen molar-refractivity contribution in [1.82, 2.24) is 14.8 Å². The summed E-state index contributed by atoms with van der Waals surface area (Å²) in [6.45, 7) is 0. The first kappa shape index (κ1) is 14.6. The molecule has 0 saturated heterocycles. The molecular weight excluding hydrogens is 299 g/mol. The summed E-state index contributed by atoms with van der Waals surface area (Å²) in [6, 6.07) is 3.39. The highest BCUT2D eigenvalue weighted by Gasteiger charge is 2.36. The molecule has 22 heavy (non-hydrogen) atoms. The average molecular weight is 311 g/mol. The number of nitrogens with zero attached hydrogens (tertiary/aromatic N) is 3. The maximum atomic E-state index is 12.6. The van der Waals surface area contributed by atoms with Gasteiger partial charge in [0.2, 0.25) is 5.88 Å². The van der Waals surface area contributed by atoms with Gasteiger partial charge in [0.15, 0.2) is 5.65 Å². The van der Waals surface area contributed by atoms with Gasteiger partial charge in [0.25, 0.3) is 0 Å². The number of fused-ring (bicyclic) bond motifs is 1. The Labute approximate surface area is 123 Å². The largest absolute Gasteiger partial charge is 0.481 e. The SMILES string of the molecule is COc1ccc2cn(C3=CC=C(C(F)(F)F)CC3O)nc2n1. The number of alkyl halides is 3. The van der Waals surface area contributed by atoms with Gasteiger partial charge in [0.05, 0.1) is 12.8 Å². The molecule has 1 atom stereocenters. The minimum Gasteiger partial charge on any atom is -0.481 e. The zero-order valence-electron chi connectivity index (χ0n) is 11.5. The minimum atomic E-state index is -4.44. The zero-order valence-corrected chi connectivity index (χ0v) is 11.5. The van der Waals surface area contributed by atoms with Crippen LogP contribution in [0.15, 0.2) is 36.1 Å². The first-order chi connectivity index (χ1) is 10.4. The number of hydrogen-bond acceptors (Lipinski definition) is 4. The molecule has 1 aliphatic carbocycles. The second-order valence-corrected chi connectivity index (χ2v) is 4.84. The van der Waals surface area contributed by atoms with E-state index >= 15 is 0 Å². The molecule has 0 aromatic carbocycles. The van der Waals surface area contributed by atoms with Crippen molar-refractivity contribution in [3.05, 3.63) is 36.1 Å². The number of allylic oxidation sites excluding steroid dienone is 2. The van der Waals surface area contributed by atoms with Crippen molar-refractivity contribution < 1.29 is 23.0 Å². The molecular formula is C14H12F3N3O2. The van der Waals surface area contributed by atoms with Crippen LogP contribution >= 0.6 is 0 Å². The second kappa shape index (κ2) is 5.13. The van der Waals surface area contributed by atoms with E-state index in [0.717, 1.165) is 6.08 Å². The topological polar surface area (TPSA) is 60.2 Å². The van der Waals surface area contributed by atoms with Gasteiger partial charge in [-0.2, -0.15) is 18.2 Å². The Hall–Kier alpha value is -2.35. The molecule has 1 aliphatic rings. The third kappa shape index (κ3) is 2.57. The summed E-state index contributed by atoms with van der Waals surface area (Å²) < 4.78 is 44.2. The molecule has 0 fully saturated rings. The number of halogens is 3. The first-order valence-corrected chi connectivity index (χ1v) is 6.45. The maximum absolute atomic E-state index is 12.6. The lowest BCUT2D eigenvalue weighted by Crippen LogP contribution is -2.24. The van der Waals surface area contributed by atoms with Crippen molar-refractivity contribution in [2.45, 2.75) is 18.7 Å². The van der Waals surface area contributed by atoms with Crippen LogP contribution < -0.4 is 4.74 Å². The van der Waals surface area contributed by atoms with Gasteiger partial charge in [-0.25, -0.2) is 4.68 Å². The number of methoxy groups -OCH3 is 1. The number of rotatable bonds is 2. The van der Waals surface area contributed by atoms with E-state index in [1.165, 1.54) is 17.9 Å². The molecule has 2 aromatic rings. The molecule has 0 aliphatic heterocycles. The lowest BCUT2D eigenvalue weighted by Gasteiger charge is -2.21. The van der Waals surface area contributed by atoms with Crippen LogP contribution in [0.1, 0.15) is 6.42 Å². The minimum absolute atomic E-state index is 0.268. The predicted molar refractivity (Wildman–Crippen MR) is 73.1 cm³/mol. The Bertz CT molecular complexity index is 777. The monoisotopic (exact) mass is 311 g/mol. The summed E-state index contributed by atoms with van der Waals surface area (Å²) in [4.78, 5) is 4.13. The number of hydrogen-bond donors (Lipinski definition) is 1. The standard InChI is InChI=1S/C14H12F3N3O2/c1-22-12-5-2-8-7-20(19-13(8)18-12)10-4-3-9(6-11(10)21)14(15,16)17/h2-5,7,11,21H,6H2,1H3. The van der Waals surface area contributed by atoms with Crippen LogP contribution in [-0.4, -0.2) is 39.3 Å². The molecule has 5 nitrogen and oxygen atoms in total. The van der Waals surface area contributed by atoms with E-state index in [1.807, 2.05) is 0 Å². The van der Waals surface area contributed by atoms with Gasteiger partial charge >= 0.3 is 6.18 Å². The average Bonchev–Trinajstić information content (AvgIpc) is 2.88. The van der Waals surface area contributed by atoms with Crippen LogP contribution in [0.25, 0.3) is 16.7 Å². The molecule has 2 aromatic heterocycles. The molecule has 0 spiro atoms. The Kier molecular flexibility index (Phi) is 3.40. The molecule has 3 rings (SSSR count). The van der Waals surface area contributed by atoms with Crippen LogP contribution in [0, 0.1) is 0 Å². The fraction of sp³-hybridized carbons (Fsp3) is 0.286.